The second-order valence-corrected chi connectivity index (χ2v) is 10.5. The number of aldehydes is 1. The summed E-state index contributed by atoms with van der Waals surface area (Å²) >= 11 is 1.64. The first-order valence-corrected chi connectivity index (χ1v) is 12.4. The third kappa shape index (κ3) is 6.01. The molecule has 0 radical (unpaired) electrons. The molecule has 35 heavy (non-hydrogen) atoms. The number of nitrogens with zero attached hydrogens (tertiary/aromatic N) is 2. The van der Waals surface area contributed by atoms with E-state index in [1.807, 2.05) is 29.6 Å². The Labute approximate surface area is 211 Å². The normalized spacial score (nSPS) is 12.3. The van der Waals surface area contributed by atoms with E-state index >= 15 is 0 Å². The molecule has 0 atom stereocenters. The first-order chi connectivity index (χ1) is 16.6. The van der Waals surface area contributed by atoms with E-state index < -0.39 is 0 Å². The minimum absolute atomic E-state index is 0.0354. The Morgan fingerprint density at radius 3 is 2.46 bits per heavy atom. The zero-order valence-electron chi connectivity index (χ0n) is 21.6. The number of ether oxygens (including phenoxy) is 2. The van der Waals surface area contributed by atoms with Crippen molar-refractivity contribution in [2.24, 2.45) is 0 Å². The number of hydrogen-bond acceptors (Lipinski definition) is 6. The number of rotatable bonds is 6. The first kappa shape index (κ1) is 26.7. The van der Waals surface area contributed by atoms with E-state index in [0.717, 1.165) is 46.5 Å². The molecule has 0 saturated heterocycles. The molecule has 1 aromatic carbocycles. The Balaban J connectivity index is 0.000000429. The highest BCUT2D eigenvalue weighted by atomic mass is 32.1. The van der Waals surface area contributed by atoms with Crippen molar-refractivity contribution in [1.82, 2.24) is 9.47 Å². The lowest BCUT2D eigenvalue weighted by atomic mass is 9.94. The molecule has 0 spiro atoms. The molecule has 1 N–H and O–H groups in total. The molecule has 3 heterocycles. The van der Waals surface area contributed by atoms with Crippen LogP contribution in [0.5, 0.6) is 5.75 Å². The van der Waals surface area contributed by atoms with Gasteiger partial charge in [0.2, 0.25) is 5.91 Å². The van der Waals surface area contributed by atoms with Gasteiger partial charge in [-0.05, 0) is 76.5 Å². The average molecular weight is 498 g/mol. The Kier molecular flexibility index (Phi) is 8.53. The van der Waals surface area contributed by atoms with Crippen LogP contribution in [0.15, 0.2) is 35.7 Å². The molecule has 188 valence electrons. The third-order valence-electron chi connectivity index (χ3n) is 6.21. The van der Waals surface area contributed by atoms with Crippen molar-refractivity contribution in [2.75, 3.05) is 40.2 Å². The monoisotopic (exact) mass is 497 g/mol. The fraction of sp³-hybridized carbons (Fsp3) is 0.407. The fourth-order valence-corrected chi connectivity index (χ4v) is 4.43. The van der Waals surface area contributed by atoms with Gasteiger partial charge < -0.3 is 24.3 Å². The number of amides is 1. The third-order valence-corrected chi connectivity index (χ3v) is 7.12. The summed E-state index contributed by atoms with van der Waals surface area (Å²) < 4.78 is 12.5. The van der Waals surface area contributed by atoms with E-state index in [-0.39, 0.29) is 12.5 Å². The van der Waals surface area contributed by atoms with E-state index in [9.17, 15) is 9.59 Å². The molecule has 1 amide bonds. The summed E-state index contributed by atoms with van der Waals surface area (Å²) in [5.74, 6) is 0.357. The van der Waals surface area contributed by atoms with Crippen LogP contribution in [0, 0.1) is 0 Å². The number of methoxy groups -OCH3 is 2. The maximum Gasteiger partial charge on any atom is 0.250 e. The van der Waals surface area contributed by atoms with Crippen LogP contribution < -0.4 is 10.1 Å². The first-order valence-electron chi connectivity index (χ1n) is 11.5. The van der Waals surface area contributed by atoms with Crippen LogP contribution in [0.1, 0.15) is 36.8 Å². The molecule has 2 aromatic heterocycles. The Bertz CT molecular complexity index is 1170. The molecular formula is C27H35N3O4S. The van der Waals surface area contributed by atoms with Gasteiger partial charge >= 0.3 is 0 Å². The second kappa shape index (κ2) is 11.2. The summed E-state index contributed by atoms with van der Waals surface area (Å²) in [6, 6.07) is 9.88. The Morgan fingerprint density at radius 2 is 1.91 bits per heavy atom. The Morgan fingerprint density at radius 1 is 1.20 bits per heavy atom. The highest BCUT2D eigenvalue weighted by Gasteiger charge is 2.26. The predicted molar refractivity (Wildman–Crippen MR) is 143 cm³/mol. The standard InChI is InChI=1S/C21H20N2O4S.C6H15N/c1-26-12-20(25)22-17-10-15-13(8-18(17)27-2)5-6-23-14(11-24)9-16(21(15)23)19-4-3-7-28-19;1-6(2,3)7(4)5/h3-4,7-11H,5-6,12H2,1-2H3,(H,22,25);1-5H3. The topological polar surface area (TPSA) is 72.8 Å². The van der Waals surface area contributed by atoms with Gasteiger partial charge in [-0.1, -0.05) is 6.07 Å². The molecule has 3 aromatic rings. The summed E-state index contributed by atoms with van der Waals surface area (Å²) in [4.78, 5) is 27.0. The maximum absolute atomic E-state index is 12.1. The van der Waals surface area contributed by atoms with Crippen molar-refractivity contribution in [3.63, 3.8) is 0 Å². The van der Waals surface area contributed by atoms with Gasteiger partial charge in [0, 0.05) is 35.2 Å². The van der Waals surface area contributed by atoms with Crippen molar-refractivity contribution in [1.29, 1.82) is 0 Å². The number of fused-ring (bicyclic) bond motifs is 3. The Hall–Kier alpha value is -2.94. The van der Waals surface area contributed by atoms with E-state index in [1.54, 1.807) is 18.4 Å². The quantitative estimate of drug-likeness (QED) is 0.475. The van der Waals surface area contributed by atoms with Crippen molar-refractivity contribution in [3.8, 4) is 27.4 Å². The minimum atomic E-state index is -0.251. The number of aromatic nitrogens is 1. The molecule has 0 aliphatic carbocycles. The summed E-state index contributed by atoms with van der Waals surface area (Å²) in [6.07, 6.45) is 1.68. The number of carbonyl (C=O) groups is 2. The van der Waals surface area contributed by atoms with Crippen LogP contribution in [0.25, 0.3) is 21.7 Å². The largest absolute Gasteiger partial charge is 0.495 e. The van der Waals surface area contributed by atoms with E-state index in [0.29, 0.717) is 22.7 Å². The second-order valence-electron chi connectivity index (χ2n) is 9.58. The van der Waals surface area contributed by atoms with Gasteiger partial charge in [-0.25, -0.2) is 0 Å². The van der Waals surface area contributed by atoms with Crippen LogP contribution in [-0.2, 0) is 22.5 Å². The van der Waals surface area contributed by atoms with Gasteiger partial charge in [0.15, 0.2) is 6.29 Å². The zero-order valence-corrected chi connectivity index (χ0v) is 22.4. The fourth-order valence-electron chi connectivity index (χ4n) is 3.68. The molecule has 1 aliphatic rings. The molecule has 0 saturated carbocycles. The summed E-state index contributed by atoms with van der Waals surface area (Å²) in [5.41, 5.74) is 5.72. The van der Waals surface area contributed by atoms with Crippen molar-refractivity contribution in [2.45, 2.75) is 39.3 Å². The number of anilines is 1. The predicted octanol–water partition coefficient (Wildman–Crippen LogP) is 5.19. The SMILES string of the molecule is CN(C)C(C)(C)C.COCC(=O)Nc1cc2c(cc1OC)CCn1c(C=O)cc(-c3cccs3)c1-2. The van der Waals surface area contributed by atoms with Crippen molar-refractivity contribution >= 4 is 29.2 Å². The van der Waals surface area contributed by atoms with Crippen LogP contribution in [0.2, 0.25) is 0 Å². The van der Waals surface area contributed by atoms with E-state index in [2.05, 4.69) is 55.7 Å². The minimum Gasteiger partial charge on any atom is -0.495 e. The molecule has 0 unspecified atom stereocenters. The van der Waals surface area contributed by atoms with Crippen LogP contribution in [0.3, 0.4) is 0 Å². The molecule has 0 bridgehead atoms. The lowest BCUT2D eigenvalue weighted by molar-refractivity contribution is -0.119. The van der Waals surface area contributed by atoms with Crippen LogP contribution in [-0.4, -0.2) is 62.1 Å². The van der Waals surface area contributed by atoms with Gasteiger partial charge in [0.1, 0.15) is 12.4 Å². The van der Waals surface area contributed by atoms with Crippen molar-refractivity contribution < 1.29 is 19.1 Å². The molecule has 8 heteroatoms. The van der Waals surface area contributed by atoms with Crippen LogP contribution in [0.4, 0.5) is 5.69 Å². The highest BCUT2D eigenvalue weighted by molar-refractivity contribution is 7.13. The molecule has 4 rings (SSSR count). The van der Waals surface area contributed by atoms with Gasteiger partial charge in [0.25, 0.3) is 0 Å². The molecule has 1 aliphatic heterocycles. The summed E-state index contributed by atoms with van der Waals surface area (Å²) in [7, 11) is 7.23. The lowest BCUT2D eigenvalue weighted by Crippen LogP contribution is -2.34. The van der Waals surface area contributed by atoms with Crippen LogP contribution >= 0.6 is 11.3 Å². The highest BCUT2D eigenvalue weighted by Crippen LogP contribution is 2.44. The van der Waals surface area contributed by atoms with Gasteiger partial charge in [-0.15, -0.1) is 11.3 Å². The lowest BCUT2D eigenvalue weighted by Gasteiger charge is -2.27. The van der Waals surface area contributed by atoms with E-state index in [4.69, 9.17) is 9.47 Å². The van der Waals surface area contributed by atoms with Gasteiger partial charge in [0.05, 0.1) is 24.2 Å². The summed E-state index contributed by atoms with van der Waals surface area (Å²) in [5, 5.41) is 4.88. The zero-order chi connectivity index (χ0) is 25.8. The van der Waals surface area contributed by atoms with Crippen molar-refractivity contribution in [3.05, 3.63) is 47.0 Å². The van der Waals surface area contributed by atoms with Gasteiger partial charge in [-0.2, -0.15) is 0 Å². The number of thiophene rings is 1. The van der Waals surface area contributed by atoms with E-state index in [1.165, 1.54) is 7.11 Å². The smallest absolute Gasteiger partial charge is 0.250 e. The molecule has 7 nitrogen and oxygen atoms in total. The number of nitrogens with one attached hydrogen (secondary N) is 1. The number of carbonyl (C=O) groups excluding carboxylic acids is 2. The molecular weight excluding hydrogens is 462 g/mol. The van der Waals surface area contributed by atoms with Gasteiger partial charge in [-0.3, -0.25) is 9.59 Å². The summed E-state index contributed by atoms with van der Waals surface area (Å²) in [6.45, 7) is 7.25. The number of aryl methyl sites for hydroxylation is 1. The number of hydrogen-bond donors (Lipinski definition) is 1. The molecule has 0 fully saturated rings. The average Bonchev–Trinajstić information content (AvgIpc) is 3.46. The maximum atomic E-state index is 12.1. The number of benzene rings is 1.